The van der Waals surface area contributed by atoms with E-state index in [4.69, 9.17) is 4.74 Å². The molecule has 1 heterocycles. The first-order valence-electron chi connectivity index (χ1n) is 11.6. The second-order valence-corrected chi connectivity index (χ2v) is 12.3. The van der Waals surface area contributed by atoms with Crippen LogP contribution >= 0.6 is 31.9 Å². The average molecular weight is 620 g/mol. The Labute approximate surface area is 228 Å². The Morgan fingerprint density at radius 3 is 2.31 bits per heavy atom. The van der Waals surface area contributed by atoms with E-state index in [-0.39, 0.29) is 23.0 Å². The fourth-order valence-corrected chi connectivity index (χ4v) is 5.74. The van der Waals surface area contributed by atoms with E-state index in [1.807, 2.05) is 42.5 Å². The van der Waals surface area contributed by atoms with Gasteiger partial charge in [0.15, 0.2) is 6.61 Å². The van der Waals surface area contributed by atoms with Crippen LogP contribution < -0.4 is 15.7 Å². The van der Waals surface area contributed by atoms with Crippen LogP contribution in [0, 0.1) is 12.3 Å². The van der Waals surface area contributed by atoms with Crippen LogP contribution in [-0.4, -0.2) is 28.5 Å². The first-order chi connectivity index (χ1) is 16.8. The summed E-state index contributed by atoms with van der Waals surface area (Å²) in [5.41, 5.74) is 5.19. The number of rotatable bonds is 8. The predicted octanol–water partition coefficient (Wildman–Crippen LogP) is 6.24. The smallest absolute Gasteiger partial charge is 0.280 e. The highest BCUT2D eigenvalue weighted by atomic mass is 79.9. The van der Waals surface area contributed by atoms with Gasteiger partial charge >= 0.3 is 0 Å². The van der Waals surface area contributed by atoms with Gasteiger partial charge in [0, 0.05) is 5.69 Å². The third-order valence-corrected chi connectivity index (χ3v) is 6.79. The van der Waals surface area contributed by atoms with Crippen LogP contribution in [0.15, 0.2) is 61.3 Å². The molecule has 0 bridgehead atoms. The molecular weight excluding hydrogens is 588 g/mol. The lowest BCUT2D eigenvalue weighted by atomic mass is 9.72. The van der Waals surface area contributed by atoms with Crippen molar-refractivity contribution in [3.05, 3.63) is 78.6 Å². The van der Waals surface area contributed by atoms with Gasteiger partial charge in [0.1, 0.15) is 5.75 Å². The van der Waals surface area contributed by atoms with Gasteiger partial charge in [-0.1, -0.05) is 52.8 Å². The summed E-state index contributed by atoms with van der Waals surface area (Å²) in [6.07, 6.45) is 2.35. The minimum absolute atomic E-state index is 0.0383. The number of ether oxygens (including phenoxy) is 1. The van der Waals surface area contributed by atoms with Gasteiger partial charge in [0.2, 0.25) is 0 Å². The van der Waals surface area contributed by atoms with E-state index in [1.54, 1.807) is 6.92 Å². The number of hydrazone groups is 1. The highest BCUT2D eigenvalue weighted by Crippen LogP contribution is 2.42. The average Bonchev–Trinajstić information content (AvgIpc) is 3.05. The summed E-state index contributed by atoms with van der Waals surface area (Å²) in [7, 11) is 0. The van der Waals surface area contributed by atoms with Crippen LogP contribution in [0.4, 0.5) is 0 Å². The van der Waals surface area contributed by atoms with E-state index in [0.29, 0.717) is 22.7 Å². The zero-order chi connectivity index (χ0) is 26.7. The predicted molar refractivity (Wildman–Crippen MR) is 151 cm³/mol. The van der Waals surface area contributed by atoms with Gasteiger partial charge in [-0.2, -0.15) is 5.10 Å². The summed E-state index contributed by atoms with van der Waals surface area (Å²) in [5.74, 6) is 0.0930. The largest absolute Gasteiger partial charge is 0.481 e. The van der Waals surface area contributed by atoms with Gasteiger partial charge in [0.05, 0.1) is 26.4 Å². The molecular formula is C27H32Br2N4O3. The summed E-state index contributed by atoms with van der Waals surface area (Å²) in [5, 5.41) is 6.97. The number of aromatic nitrogens is 2. The monoisotopic (exact) mass is 618 g/mol. The molecule has 192 valence electrons. The van der Waals surface area contributed by atoms with Crippen molar-refractivity contribution in [2.24, 2.45) is 10.5 Å². The number of nitrogens with one attached hydrogen (secondary N) is 2. The highest BCUT2D eigenvalue weighted by Gasteiger charge is 2.28. The number of benzene rings is 2. The summed E-state index contributed by atoms with van der Waals surface area (Å²) >= 11 is 7.17. The van der Waals surface area contributed by atoms with Crippen molar-refractivity contribution in [2.75, 3.05) is 6.61 Å². The van der Waals surface area contributed by atoms with E-state index in [0.717, 1.165) is 15.4 Å². The maximum atomic E-state index is 12.7. The van der Waals surface area contributed by atoms with Crippen molar-refractivity contribution >= 4 is 44.0 Å². The first-order valence-corrected chi connectivity index (χ1v) is 13.2. The number of hydrogen-bond donors (Lipinski definition) is 2. The summed E-state index contributed by atoms with van der Waals surface area (Å²) in [6.45, 7) is 12.7. The van der Waals surface area contributed by atoms with Gasteiger partial charge in [0.25, 0.3) is 11.5 Å². The molecule has 0 fully saturated rings. The van der Waals surface area contributed by atoms with Crippen molar-refractivity contribution in [1.29, 1.82) is 0 Å². The minimum Gasteiger partial charge on any atom is -0.481 e. The molecule has 0 aliphatic carbocycles. The fourth-order valence-electron chi connectivity index (χ4n) is 4.33. The standard InChI is InChI=1S/C27H32Br2N4O3/c1-17-20(25(35)33(32-17)19-10-8-7-9-11-19)14-30-31-23(34)15-36-24-21(28)12-18(13-22(24)29)27(5,6)16-26(2,3)4/h7-14,32H,15-16H2,1-6H3,(H,31,34). The van der Waals surface area contributed by atoms with Crippen LogP contribution in [0.5, 0.6) is 5.75 Å². The molecule has 0 radical (unpaired) electrons. The van der Waals surface area contributed by atoms with Gasteiger partial charge in [-0.3, -0.25) is 14.7 Å². The van der Waals surface area contributed by atoms with E-state index in [1.165, 1.54) is 16.5 Å². The highest BCUT2D eigenvalue weighted by molar-refractivity contribution is 9.11. The molecule has 3 rings (SSSR count). The number of carbonyl (C=O) groups excluding carboxylic acids is 1. The number of hydrogen-bond acceptors (Lipinski definition) is 4. The zero-order valence-corrected chi connectivity index (χ0v) is 24.6. The molecule has 0 atom stereocenters. The van der Waals surface area contributed by atoms with Crippen LogP contribution in [0.25, 0.3) is 5.69 Å². The summed E-state index contributed by atoms with van der Waals surface area (Å²) in [4.78, 5) is 25.1. The molecule has 9 heteroatoms. The van der Waals surface area contributed by atoms with E-state index in [9.17, 15) is 9.59 Å². The van der Waals surface area contributed by atoms with Gasteiger partial charge in [-0.05, 0) is 85.9 Å². The SMILES string of the molecule is Cc1[nH]n(-c2ccccc2)c(=O)c1C=NNC(=O)COc1c(Br)cc(C(C)(C)CC(C)(C)C)cc1Br. The molecule has 0 saturated carbocycles. The van der Waals surface area contributed by atoms with Crippen molar-refractivity contribution in [1.82, 2.24) is 15.2 Å². The number of para-hydroxylation sites is 1. The van der Waals surface area contributed by atoms with Crippen LogP contribution in [0.2, 0.25) is 0 Å². The molecule has 1 amide bonds. The topological polar surface area (TPSA) is 88.5 Å². The second-order valence-electron chi connectivity index (χ2n) is 10.6. The molecule has 0 unspecified atom stereocenters. The maximum Gasteiger partial charge on any atom is 0.280 e. The van der Waals surface area contributed by atoms with Crippen molar-refractivity contribution in [3.63, 3.8) is 0 Å². The number of aryl methyl sites for hydroxylation is 1. The molecule has 1 aromatic heterocycles. The molecule has 36 heavy (non-hydrogen) atoms. The quantitative estimate of drug-likeness (QED) is 0.231. The molecule has 3 aromatic rings. The lowest BCUT2D eigenvalue weighted by Crippen LogP contribution is -2.26. The number of carbonyl (C=O) groups is 1. The molecule has 2 N–H and O–H groups in total. The molecule has 0 aliphatic rings. The van der Waals surface area contributed by atoms with Gasteiger partial charge in [-0.15, -0.1) is 0 Å². The van der Waals surface area contributed by atoms with E-state index >= 15 is 0 Å². The number of nitrogens with zero attached hydrogens (tertiary/aromatic N) is 2. The molecule has 7 nitrogen and oxygen atoms in total. The number of halogens is 2. The van der Waals surface area contributed by atoms with E-state index in [2.05, 4.69) is 82.1 Å². The normalized spacial score (nSPS) is 12.2. The number of amides is 1. The Morgan fingerprint density at radius 2 is 1.72 bits per heavy atom. The molecule has 0 aliphatic heterocycles. The van der Waals surface area contributed by atoms with Crippen molar-refractivity contribution in [2.45, 2.75) is 53.4 Å². The lowest BCUT2D eigenvalue weighted by Gasteiger charge is -2.33. The zero-order valence-electron chi connectivity index (χ0n) is 21.4. The fraction of sp³-hybridized carbons (Fsp3) is 0.370. The maximum absolute atomic E-state index is 12.7. The Bertz CT molecular complexity index is 1300. The van der Waals surface area contributed by atoms with Crippen LogP contribution in [0.3, 0.4) is 0 Å². The van der Waals surface area contributed by atoms with Crippen LogP contribution in [-0.2, 0) is 10.2 Å². The number of H-pyrrole nitrogens is 1. The number of aromatic amines is 1. The molecule has 2 aromatic carbocycles. The Morgan fingerprint density at radius 1 is 1.11 bits per heavy atom. The van der Waals surface area contributed by atoms with Crippen molar-refractivity contribution < 1.29 is 9.53 Å². The Balaban J connectivity index is 1.64. The summed E-state index contributed by atoms with van der Waals surface area (Å²) < 4.78 is 8.71. The first kappa shape index (κ1) is 27.9. The van der Waals surface area contributed by atoms with Gasteiger partial charge < -0.3 is 4.74 Å². The second kappa shape index (κ2) is 11.2. The lowest BCUT2D eigenvalue weighted by molar-refractivity contribution is -0.123. The Kier molecular flexibility index (Phi) is 8.67. The van der Waals surface area contributed by atoms with Crippen molar-refractivity contribution in [3.8, 4) is 11.4 Å². The van der Waals surface area contributed by atoms with Crippen LogP contribution in [0.1, 0.15) is 57.9 Å². The Hall–Kier alpha value is -2.65. The van der Waals surface area contributed by atoms with E-state index < -0.39 is 5.91 Å². The molecule has 0 saturated heterocycles. The summed E-state index contributed by atoms with van der Waals surface area (Å²) in [6, 6.07) is 13.3. The molecule has 0 spiro atoms. The third-order valence-electron chi connectivity index (χ3n) is 5.61. The third kappa shape index (κ3) is 6.97. The van der Waals surface area contributed by atoms with Gasteiger partial charge in [-0.25, -0.2) is 10.1 Å². The minimum atomic E-state index is -0.446.